The van der Waals surface area contributed by atoms with Crippen molar-refractivity contribution in [1.82, 2.24) is 0 Å². The third-order valence-electron chi connectivity index (χ3n) is 10.1. The molecule has 0 unspecified atom stereocenters. The molecule has 4 aromatic carbocycles. The first-order valence-electron chi connectivity index (χ1n) is 15.0. The zero-order chi connectivity index (χ0) is 31.0. The highest BCUT2D eigenvalue weighted by Gasteiger charge is 2.52. The maximum atomic E-state index is 10.8. The fraction of sp³-hybridized carbons (Fsp3) is 0.351. The Morgan fingerprint density at radius 2 is 0.837 bits per heavy atom. The van der Waals surface area contributed by atoms with Crippen LogP contribution < -0.4 is 10.9 Å². The summed E-state index contributed by atoms with van der Waals surface area (Å²) < 4.78 is 12.6. The van der Waals surface area contributed by atoms with Crippen LogP contribution in [0.3, 0.4) is 0 Å². The van der Waals surface area contributed by atoms with Gasteiger partial charge in [-0.3, -0.25) is 0 Å². The number of fused-ring (bicyclic) bond motifs is 10. The van der Waals surface area contributed by atoms with E-state index in [1.54, 1.807) is 27.7 Å². The van der Waals surface area contributed by atoms with Crippen molar-refractivity contribution in [1.29, 1.82) is 0 Å². The van der Waals surface area contributed by atoms with Gasteiger partial charge in [-0.2, -0.15) is 0 Å². The Hall–Kier alpha value is -3.15. The molecule has 0 amide bonds. The van der Waals surface area contributed by atoms with Gasteiger partial charge in [-0.1, -0.05) is 84.9 Å². The molecule has 4 nitrogen and oxygen atoms in total. The van der Waals surface area contributed by atoms with E-state index in [1.165, 1.54) is 33.4 Å². The van der Waals surface area contributed by atoms with Gasteiger partial charge in [-0.25, -0.2) is 0 Å². The molecule has 0 saturated carbocycles. The molecule has 2 radical (unpaired) electrons. The van der Waals surface area contributed by atoms with Gasteiger partial charge in [0.25, 0.3) is 0 Å². The van der Waals surface area contributed by atoms with Crippen molar-refractivity contribution in [3.63, 3.8) is 0 Å². The van der Waals surface area contributed by atoms with Crippen molar-refractivity contribution in [2.45, 2.75) is 83.2 Å². The molecule has 0 fully saturated rings. The van der Waals surface area contributed by atoms with Gasteiger partial charge in [0, 0.05) is 0 Å². The van der Waals surface area contributed by atoms with Gasteiger partial charge in [0.05, 0.1) is 27.8 Å². The van der Waals surface area contributed by atoms with Gasteiger partial charge in [0.1, 0.15) is 0 Å². The fourth-order valence-corrected chi connectivity index (χ4v) is 6.20. The van der Waals surface area contributed by atoms with E-state index in [0.717, 1.165) is 22.1 Å². The number of rotatable bonds is 8. The summed E-state index contributed by atoms with van der Waals surface area (Å²) in [5, 5.41) is 21.5. The Balaban J connectivity index is 1.56. The Morgan fingerprint density at radius 3 is 1.21 bits per heavy atom. The average molecular weight is 570 g/mol. The maximum Gasteiger partial charge on any atom is 0.331 e. The zero-order valence-electron chi connectivity index (χ0n) is 26.4. The second kappa shape index (κ2) is 9.93. The predicted octanol–water partition coefficient (Wildman–Crippen LogP) is 5.65. The van der Waals surface area contributed by atoms with Gasteiger partial charge in [-0.15, -0.1) is 0 Å². The van der Waals surface area contributed by atoms with Crippen molar-refractivity contribution in [3.8, 4) is 22.3 Å². The molecule has 2 aliphatic rings. The molecule has 4 aromatic rings. The Morgan fingerprint density at radius 1 is 0.488 bits per heavy atom. The molecule has 43 heavy (non-hydrogen) atoms. The monoisotopic (exact) mass is 570 g/mol. The third kappa shape index (κ3) is 4.45. The SMILES string of the molecule is CC(C)(O)C(C)(C)O[B]c1cccc2c1-c1ccccc1C21c2ccccc2-c2c([B]OC(C)(C)C(C)(C)O)cccc21. The topological polar surface area (TPSA) is 58.9 Å². The molecule has 6 heteroatoms. The summed E-state index contributed by atoms with van der Waals surface area (Å²) in [4.78, 5) is 0. The lowest BCUT2D eigenvalue weighted by molar-refractivity contribution is -0.0893. The van der Waals surface area contributed by atoms with Crippen molar-refractivity contribution < 1.29 is 19.5 Å². The molecule has 0 bridgehead atoms. The van der Waals surface area contributed by atoms with Crippen LogP contribution >= 0.6 is 0 Å². The summed E-state index contributed by atoms with van der Waals surface area (Å²) in [5.74, 6) is 0. The lowest BCUT2D eigenvalue weighted by Gasteiger charge is -2.37. The Labute approximate surface area is 257 Å². The van der Waals surface area contributed by atoms with Crippen LogP contribution in [0.1, 0.15) is 77.6 Å². The summed E-state index contributed by atoms with van der Waals surface area (Å²) >= 11 is 0. The first kappa shape index (κ1) is 29.9. The fourth-order valence-electron chi connectivity index (χ4n) is 6.20. The third-order valence-corrected chi connectivity index (χ3v) is 10.1. The smallest absolute Gasteiger partial charge is 0.331 e. The van der Waals surface area contributed by atoms with E-state index in [2.05, 4.69) is 84.9 Å². The van der Waals surface area contributed by atoms with Crippen LogP contribution in [0, 0.1) is 0 Å². The standard InChI is InChI=1S/C37H40B2O4/c1-33(2,40)35(5,6)42-38-29-21-13-19-27-31(29)23-15-9-11-17-25(23)37(27)26-18-12-10-16-24(26)32-28(37)20-14-22-30(32)39-43-36(7,8)34(3,4)41/h9-22,40-41H,1-8H3. The molecule has 1 spiro atoms. The lowest BCUT2D eigenvalue weighted by Crippen LogP contribution is -2.49. The molecule has 0 heterocycles. The number of hydrogen-bond donors (Lipinski definition) is 2. The number of benzene rings is 4. The Kier molecular flexibility index (Phi) is 6.91. The van der Waals surface area contributed by atoms with Crippen molar-refractivity contribution in [2.75, 3.05) is 0 Å². The van der Waals surface area contributed by atoms with Gasteiger partial charge in [-0.05, 0) is 111 Å². The molecule has 6 rings (SSSR count). The number of hydrogen-bond acceptors (Lipinski definition) is 4. The second-order valence-electron chi connectivity index (χ2n) is 14.0. The highest BCUT2D eigenvalue weighted by atomic mass is 16.5. The molecule has 218 valence electrons. The van der Waals surface area contributed by atoms with Crippen LogP contribution in [0.15, 0.2) is 84.9 Å². The minimum Gasteiger partial charge on any atom is -0.427 e. The van der Waals surface area contributed by atoms with Crippen molar-refractivity contribution >= 4 is 25.9 Å². The van der Waals surface area contributed by atoms with E-state index in [0.29, 0.717) is 0 Å². The second-order valence-corrected chi connectivity index (χ2v) is 14.0. The molecule has 0 aliphatic heterocycles. The zero-order valence-corrected chi connectivity index (χ0v) is 26.4. The molecule has 2 N–H and O–H groups in total. The first-order valence-corrected chi connectivity index (χ1v) is 15.0. The highest BCUT2D eigenvalue weighted by Crippen LogP contribution is 2.61. The van der Waals surface area contributed by atoms with Gasteiger partial charge < -0.3 is 19.5 Å². The van der Waals surface area contributed by atoms with Crippen LogP contribution in [0.4, 0.5) is 0 Å². The molecule has 0 saturated heterocycles. The first-order chi connectivity index (χ1) is 20.1. The van der Waals surface area contributed by atoms with Gasteiger partial charge in [0.2, 0.25) is 0 Å². The molecular weight excluding hydrogens is 530 g/mol. The average Bonchev–Trinajstić information content (AvgIpc) is 3.42. The molecule has 0 aromatic heterocycles. The quantitative estimate of drug-likeness (QED) is 0.232. The van der Waals surface area contributed by atoms with E-state index >= 15 is 0 Å². The molecular formula is C37H40B2O4. The maximum absolute atomic E-state index is 10.8. The van der Waals surface area contributed by atoms with E-state index in [4.69, 9.17) is 9.31 Å². The van der Waals surface area contributed by atoms with Gasteiger partial charge in [0.15, 0.2) is 0 Å². The van der Waals surface area contributed by atoms with E-state index in [-0.39, 0.29) is 0 Å². The lowest BCUT2D eigenvalue weighted by atomic mass is 9.69. The highest BCUT2D eigenvalue weighted by molar-refractivity contribution is 6.51. The summed E-state index contributed by atoms with van der Waals surface area (Å²) in [6, 6.07) is 30.2. The van der Waals surface area contributed by atoms with E-state index < -0.39 is 27.8 Å². The normalized spacial score (nSPS) is 15.1. The predicted molar refractivity (Wildman–Crippen MR) is 176 cm³/mol. The summed E-state index contributed by atoms with van der Waals surface area (Å²) in [6.07, 6.45) is 0. The van der Waals surface area contributed by atoms with Crippen LogP contribution in [0.5, 0.6) is 0 Å². The summed E-state index contributed by atoms with van der Waals surface area (Å²) in [6.45, 7) is 14.7. The van der Waals surface area contributed by atoms with E-state index in [1.807, 2.05) is 42.7 Å². The number of aliphatic hydroxyl groups is 2. The summed E-state index contributed by atoms with van der Waals surface area (Å²) in [5.41, 5.74) is 7.27. The summed E-state index contributed by atoms with van der Waals surface area (Å²) in [7, 11) is 3.62. The minimum absolute atomic E-state index is 0.525. The van der Waals surface area contributed by atoms with Crippen LogP contribution in [-0.4, -0.2) is 47.6 Å². The van der Waals surface area contributed by atoms with Crippen LogP contribution in [-0.2, 0) is 14.7 Å². The molecule has 2 aliphatic carbocycles. The van der Waals surface area contributed by atoms with Crippen LogP contribution in [0.2, 0.25) is 0 Å². The largest absolute Gasteiger partial charge is 0.427 e. The van der Waals surface area contributed by atoms with Crippen molar-refractivity contribution in [3.05, 3.63) is 107 Å². The minimum atomic E-state index is -1.03. The molecule has 0 atom stereocenters. The van der Waals surface area contributed by atoms with E-state index in [9.17, 15) is 10.2 Å². The van der Waals surface area contributed by atoms with Gasteiger partial charge >= 0.3 is 15.0 Å². The van der Waals surface area contributed by atoms with Crippen molar-refractivity contribution in [2.24, 2.45) is 0 Å². The Bertz CT molecular complexity index is 1580. The van der Waals surface area contributed by atoms with Crippen LogP contribution in [0.25, 0.3) is 22.3 Å².